The molecule has 2 unspecified atom stereocenters. The first-order chi connectivity index (χ1) is 14.0. The van der Waals surface area contributed by atoms with Gasteiger partial charge < -0.3 is 19.5 Å². The Morgan fingerprint density at radius 3 is 2.52 bits per heavy atom. The molecule has 3 heterocycles. The second-order valence-corrected chi connectivity index (χ2v) is 7.66. The number of aromatic nitrogens is 2. The third kappa shape index (κ3) is 3.38. The quantitative estimate of drug-likeness (QED) is 0.633. The lowest BCUT2D eigenvalue weighted by Gasteiger charge is -2.27. The van der Waals surface area contributed by atoms with E-state index in [0.717, 1.165) is 28.8 Å². The third-order valence-corrected chi connectivity index (χ3v) is 6.01. The Morgan fingerprint density at radius 1 is 1.14 bits per heavy atom. The minimum Gasteiger partial charge on any atom is -0.497 e. The zero-order valence-electron chi connectivity index (χ0n) is 17.2. The molecule has 1 saturated heterocycles. The molecule has 1 fully saturated rings. The van der Waals surface area contributed by atoms with E-state index < -0.39 is 0 Å². The van der Waals surface area contributed by atoms with E-state index in [4.69, 9.17) is 17.0 Å². The van der Waals surface area contributed by atoms with Crippen molar-refractivity contribution in [2.45, 2.75) is 32.9 Å². The number of thiocarbonyl (C=S) groups is 1. The minimum atomic E-state index is 0.0217. The van der Waals surface area contributed by atoms with Gasteiger partial charge in [-0.3, -0.25) is 4.98 Å². The van der Waals surface area contributed by atoms with E-state index in [9.17, 15) is 0 Å². The van der Waals surface area contributed by atoms with Crippen LogP contribution in [0.15, 0.2) is 54.7 Å². The van der Waals surface area contributed by atoms with Gasteiger partial charge in [0.1, 0.15) is 5.75 Å². The standard InChI is InChI=1S/C23H26N4OS/c1-5-26-22(21(25-23(26)29)20-8-6-7-13-24-20)19-14-15(2)27(16(19)3)17-9-11-18(28-4)12-10-17/h6-14,21-22H,5H2,1-4H3,(H,25,29). The summed E-state index contributed by atoms with van der Waals surface area (Å²) in [7, 11) is 1.69. The fourth-order valence-corrected chi connectivity index (χ4v) is 4.67. The zero-order valence-corrected chi connectivity index (χ0v) is 18.0. The van der Waals surface area contributed by atoms with Crippen LogP contribution in [0, 0.1) is 13.8 Å². The van der Waals surface area contributed by atoms with Gasteiger partial charge in [0.15, 0.2) is 5.11 Å². The van der Waals surface area contributed by atoms with E-state index in [1.807, 2.05) is 30.5 Å². The van der Waals surface area contributed by atoms with Gasteiger partial charge in [0.25, 0.3) is 0 Å². The number of ether oxygens (including phenoxy) is 1. The summed E-state index contributed by atoms with van der Waals surface area (Å²) in [5.41, 5.74) is 5.80. The Balaban J connectivity index is 1.80. The van der Waals surface area contributed by atoms with Gasteiger partial charge in [0, 0.05) is 29.8 Å². The average molecular weight is 407 g/mol. The number of benzene rings is 1. The van der Waals surface area contributed by atoms with Gasteiger partial charge in [-0.05, 0) is 81.0 Å². The van der Waals surface area contributed by atoms with E-state index in [2.05, 4.69) is 64.8 Å². The minimum absolute atomic E-state index is 0.0217. The normalized spacial score (nSPS) is 18.8. The summed E-state index contributed by atoms with van der Waals surface area (Å²) < 4.78 is 7.60. The Kier molecular flexibility index (Phi) is 5.28. The molecule has 0 aliphatic carbocycles. The van der Waals surface area contributed by atoms with E-state index in [-0.39, 0.29) is 12.1 Å². The summed E-state index contributed by atoms with van der Waals surface area (Å²) >= 11 is 5.66. The van der Waals surface area contributed by atoms with E-state index in [0.29, 0.717) is 0 Å². The highest BCUT2D eigenvalue weighted by Gasteiger charge is 2.40. The molecule has 2 atom stereocenters. The lowest BCUT2D eigenvalue weighted by atomic mass is 9.97. The predicted octanol–water partition coefficient (Wildman–Crippen LogP) is 4.49. The lowest BCUT2D eigenvalue weighted by molar-refractivity contribution is 0.329. The number of hydrogen-bond donors (Lipinski definition) is 1. The molecule has 0 radical (unpaired) electrons. The Labute approximate surface area is 177 Å². The molecule has 5 nitrogen and oxygen atoms in total. The molecule has 150 valence electrons. The van der Waals surface area contributed by atoms with Gasteiger partial charge in [-0.1, -0.05) is 6.07 Å². The number of likely N-dealkylation sites (N-methyl/N-ethyl adjacent to an activating group) is 1. The topological polar surface area (TPSA) is 42.3 Å². The van der Waals surface area contributed by atoms with Crippen LogP contribution in [0.25, 0.3) is 5.69 Å². The molecular weight excluding hydrogens is 380 g/mol. The van der Waals surface area contributed by atoms with Crippen LogP contribution >= 0.6 is 12.2 Å². The SMILES string of the molecule is CCN1C(=S)NC(c2ccccn2)C1c1cc(C)n(-c2ccc(OC)cc2)c1C. The van der Waals surface area contributed by atoms with Crippen molar-refractivity contribution in [3.63, 3.8) is 0 Å². The number of methoxy groups -OCH3 is 1. The highest BCUT2D eigenvalue weighted by molar-refractivity contribution is 7.80. The van der Waals surface area contributed by atoms with Crippen molar-refractivity contribution in [3.8, 4) is 11.4 Å². The molecule has 1 aliphatic rings. The summed E-state index contributed by atoms with van der Waals surface area (Å²) in [6, 6.07) is 16.6. The van der Waals surface area contributed by atoms with Crippen molar-refractivity contribution in [1.82, 2.24) is 19.8 Å². The second kappa shape index (κ2) is 7.87. The first kappa shape index (κ1) is 19.5. The van der Waals surface area contributed by atoms with Crippen molar-refractivity contribution in [2.75, 3.05) is 13.7 Å². The first-order valence-electron chi connectivity index (χ1n) is 9.86. The smallest absolute Gasteiger partial charge is 0.170 e. The Morgan fingerprint density at radius 2 is 1.90 bits per heavy atom. The molecule has 6 heteroatoms. The molecule has 29 heavy (non-hydrogen) atoms. The van der Waals surface area contributed by atoms with Gasteiger partial charge in [-0.2, -0.15) is 0 Å². The van der Waals surface area contributed by atoms with Crippen LogP contribution in [0.5, 0.6) is 5.75 Å². The highest BCUT2D eigenvalue weighted by atomic mass is 32.1. The largest absolute Gasteiger partial charge is 0.497 e. The van der Waals surface area contributed by atoms with Crippen LogP contribution in [-0.2, 0) is 0 Å². The maximum absolute atomic E-state index is 5.66. The van der Waals surface area contributed by atoms with E-state index in [1.54, 1.807) is 7.11 Å². The van der Waals surface area contributed by atoms with Crippen LogP contribution in [0.3, 0.4) is 0 Å². The average Bonchev–Trinajstić information content (AvgIpc) is 3.23. The van der Waals surface area contributed by atoms with Crippen molar-refractivity contribution in [2.24, 2.45) is 0 Å². The number of rotatable bonds is 5. The van der Waals surface area contributed by atoms with Gasteiger partial charge in [0.05, 0.1) is 24.9 Å². The zero-order chi connectivity index (χ0) is 20.5. The van der Waals surface area contributed by atoms with Crippen molar-refractivity contribution >= 4 is 17.3 Å². The van der Waals surface area contributed by atoms with Crippen molar-refractivity contribution in [1.29, 1.82) is 0 Å². The first-order valence-corrected chi connectivity index (χ1v) is 10.3. The number of hydrogen-bond acceptors (Lipinski definition) is 3. The van der Waals surface area contributed by atoms with Crippen LogP contribution in [0.1, 0.15) is 41.7 Å². The number of pyridine rings is 1. The summed E-state index contributed by atoms with van der Waals surface area (Å²) in [5, 5.41) is 4.28. The van der Waals surface area contributed by atoms with E-state index in [1.165, 1.54) is 17.0 Å². The van der Waals surface area contributed by atoms with Crippen molar-refractivity contribution in [3.05, 3.63) is 77.4 Å². The number of aryl methyl sites for hydroxylation is 1. The molecule has 0 spiro atoms. The summed E-state index contributed by atoms with van der Waals surface area (Å²) in [6.45, 7) is 7.31. The van der Waals surface area contributed by atoms with Crippen LogP contribution in [0.4, 0.5) is 0 Å². The highest BCUT2D eigenvalue weighted by Crippen LogP contribution is 2.41. The number of nitrogens with one attached hydrogen (secondary N) is 1. The Bertz CT molecular complexity index is 1010. The summed E-state index contributed by atoms with van der Waals surface area (Å²) in [4.78, 5) is 6.87. The molecule has 0 amide bonds. The molecule has 0 saturated carbocycles. The van der Waals surface area contributed by atoms with Crippen LogP contribution in [-0.4, -0.2) is 33.2 Å². The molecule has 1 N–H and O–H groups in total. The van der Waals surface area contributed by atoms with Gasteiger partial charge in [-0.25, -0.2) is 0 Å². The monoisotopic (exact) mass is 406 g/mol. The molecule has 4 rings (SSSR count). The van der Waals surface area contributed by atoms with Gasteiger partial charge in [0.2, 0.25) is 0 Å². The molecule has 3 aromatic rings. The molecular formula is C23H26N4OS. The maximum atomic E-state index is 5.66. The summed E-state index contributed by atoms with van der Waals surface area (Å²) in [6.07, 6.45) is 1.84. The number of nitrogens with zero attached hydrogens (tertiary/aromatic N) is 3. The molecule has 1 aliphatic heterocycles. The third-order valence-electron chi connectivity index (χ3n) is 5.66. The second-order valence-electron chi connectivity index (χ2n) is 7.27. The maximum Gasteiger partial charge on any atom is 0.170 e. The van der Waals surface area contributed by atoms with Crippen LogP contribution < -0.4 is 10.1 Å². The van der Waals surface area contributed by atoms with Crippen molar-refractivity contribution < 1.29 is 4.74 Å². The molecule has 0 bridgehead atoms. The Hall–Kier alpha value is -2.86. The van der Waals surface area contributed by atoms with E-state index >= 15 is 0 Å². The van der Waals surface area contributed by atoms with Gasteiger partial charge >= 0.3 is 0 Å². The molecule has 2 aromatic heterocycles. The lowest BCUT2D eigenvalue weighted by Crippen LogP contribution is -2.29. The molecule has 1 aromatic carbocycles. The predicted molar refractivity (Wildman–Crippen MR) is 120 cm³/mol. The summed E-state index contributed by atoms with van der Waals surface area (Å²) in [5.74, 6) is 0.856. The fraction of sp³-hybridized carbons (Fsp3) is 0.304. The van der Waals surface area contributed by atoms with Gasteiger partial charge in [-0.15, -0.1) is 0 Å². The fourth-order valence-electron chi connectivity index (χ4n) is 4.30. The van der Waals surface area contributed by atoms with Crippen LogP contribution in [0.2, 0.25) is 0 Å².